The second-order valence-electron chi connectivity index (χ2n) is 6.26. The van der Waals surface area contributed by atoms with Gasteiger partial charge >= 0.3 is 0 Å². The Kier molecular flexibility index (Phi) is 6.24. The van der Waals surface area contributed by atoms with E-state index in [9.17, 15) is 0 Å². The van der Waals surface area contributed by atoms with E-state index in [0.717, 1.165) is 23.2 Å². The van der Waals surface area contributed by atoms with Crippen LogP contribution in [0.1, 0.15) is 45.4 Å². The van der Waals surface area contributed by atoms with Gasteiger partial charge in [0.15, 0.2) is 0 Å². The van der Waals surface area contributed by atoms with E-state index in [0.29, 0.717) is 6.04 Å². The molecule has 0 spiro atoms. The Hall–Kier alpha value is -0.870. The second kappa shape index (κ2) is 7.95. The molecule has 1 saturated heterocycles. The second-order valence-corrected chi connectivity index (χ2v) is 6.66. The molecule has 4 nitrogen and oxygen atoms in total. The molecule has 0 amide bonds. The number of nitrogens with zero attached hydrogens (tertiary/aromatic N) is 2. The summed E-state index contributed by atoms with van der Waals surface area (Å²) in [5.41, 5.74) is 4.14. The molecule has 2 aliphatic rings. The van der Waals surface area contributed by atoms with Gasteiger partial charge in [0, 0.05) is 38.1 Å². The lowest BCUT2D eigenvalue weighted by Crippen LogP contribution is -2.35. The average molecular weight is 313 g/mol. The zero-order chi connectivity index (χ0) is 15.2. The smallest absolute Gasteiger partial charge is 0.0831 e. The summed E-state index contributed by atoms with van der Waals surface area (Å²) in [6.45, 7) is 3.54. The van der Waals surface area contributed by atoms with Gasteiger partial charge in [-0.3, -0.25) is 5.01 Å². The van der Waals surface area contributed by atoms with E-state index >= 15 is 0 Å². The number of nitrogens with one attached hydrogen (secondary N) is 2. The van der Waals surface area contributed by atoms with Gasteiger partial charge in [-0.1, -0.05) is 37.8 Å². The molecule has 2 heterocycles. The monoisotopic (exact) mass is 312 g/mol. The third-order valence-corrected chi connectivity index (χ3v) is 4.71. The molecule has 0 radical (unpaired) electrons. The summed E-state index contributed by atoms with van der Waals surface area (Å²) in [4.78, 5) is 2.42. The van der Waals surface area contributed by atoms with Gasteiger partial charge in [-0.05, 0) is 26.3 Å². The zero-order valence-corrected chi connectivity index (χ0v) is 14.3. The molecule has 0 aromatic carbocycles. The summed E-state index contributed by atoms with van der Waals surface area (Å²) in [6.07, 6.45) is 11.5. The molecule has 5 heteroatoms. The van der Waals surface area contributed by atoms with Gasteiger partial charge in [0.1, 0.15) is 0 Å². The number of unbranched alkanes of at least 4 members (excludes halogenated alkanes) is 2. The van der Waals surface area contributed by atoms with Crippen molar-refractivity contribution in [3.8, 4) is 0 Å². The molecule has 0 aromatic heterocycles. The van der Waals surface area contributed by atoms with E-state index in [1.165, 1.54) is 38.6 Å². The molecule has 0 bridgehead atoms. The van der Waals surface area contributed by atoms with E-state index in [4.69, 9.17) is 11.6 Å². The van der Waals surface area contributed by atoms with Crippen LogP contribution in [-0.4, -0.2) is 42.6 Å². The highest BCUT2D eigenvalue weighted by atomic mass is 35.5. The van der Waals surface area contributed by atoms with Crippen molar-refractivity contribution in [1.82, 2.24) is 20.7 Å². The van der Waals surface area contributed by atoms with Crippen LogP contribution in [0, 0.1) is 0 Å². The molecule has 2 aliphatic heterocycles. The Morgan fingerprint density at radius 2 is 2.14 bits per heavy atom. The Balaban J connectivity index is 1.62. The molecule has 120 valence electrons. The average Bonchev–Trinajstić information content (AvgIpc) is 3.15. The molecule has 2 rings (SSSR count). The van der Waals surface area contributed by atoms with Crippen LogP contribution in [0.2, 0.25) is 0 Å². The first kappa shape index (κ1) is 16.5. The third kappa shape index (κ3) is 5.44. The van der Waals surface area contributed by atoms with E-state index in [2.05, 4.69) is 29.6 Å². The lowest BCUT2D eigenvalue weighted by atomic mass is 10.0. The summed E-state index contributed by atoms with van der Waals surface area (Å²) in [6, 6.07) is 1.39. The van der Waals surface area contributed by atoms with Gasteiger partial charge in [0.25, 0.3) is 0 Å². The minimum atomic E-state index is 0.507. The van der Waals surface area contributed by atoms with Crippen molar-refractivity contribution < 1.29 is 0 Å². The van der Waals surface area contributed by atoms with Crippen LogP contribution in [0.25, 0.3) is 0 Å². The number of likely N-dealkylation sites (N-methyl/N-ethyl adjacent to an activating group) is 1. The van der Waals surface area contributed by atoms with Crippen LogP contribution in [0.15, 0.2) is 23.1 Å². The van der Waals surface area contributed by atoms with Crippen molar-refractivity contribution >= 4 is 11.6 Å². The van der Waals surface area contributed by atoms with Crippen LogP contribution in [-0.2, 0) is 0 Å². The predicted octanol–water partition coefficient (Wildman–Crippen LogP) is 2.99. The normalized spacial score (nSPS) is 25.8. The lowest BCUT2D eigenvalue weighted by Gasteiger charge is -2.26. The Labute approximate surface area is 134 Å². The summed E-state index contributed by atoms with van der Waals surface area (Å²) in [5, 5.41) is 6.18. The Morgan fingerprint density at radius 3 is 2.76 bits per heavy atom. The van der Waals surface area contributed by atoms with Crippen LogP contribution in [0.3, 0.4) is 0 Å². The molecular formula is C16H29ClN4. The van der Waals surface area contributed by atoms with Crippen molar-refractivity contribution in [3.05, 3.63) is 23.1 Å². The van der Waals surface area contributed by atoms with E-state index in [1.807, 2.05) is 24.5 Å². The molecular weight excluding hydrogens is 284 g/mol. The SMILES string of the molecule is CCC(CCCCCC1CN1C)NC1=CNN(C)C=C1Cl. The van der Waals surface area contributed by atoms with Gasteiger partial charge in [-0.2, -0.15) is 0 Å². The number of allylic oxidation sites excluding steroid dienone is 1. The lowest BCUT2D eigenvalue weighted by molar-refractivity contribution is 0.372. The standard InChI is InChI=1S/C16H29ClN4/c1-4-13(8-6-5-7-9-14-11-20(14)2)19-16-10-18-21(3)12-15(16)17/h10,12-14,18-19H,4-9,11H2,1-3H3. The summed E-state index contributed by atoms with van der Waals surface area (Å²) in [7, 11) is 4.15. The van der Waals surface area contributed by atoms with Crippen LogP contribution >= 0.6 is 11.6 Å². The number of rotatable bonds is 9. The van der Waals surface area contributed by atoms with E-state index < -0.39 is 0 Å². The molecule has 1 fully saturated rings. The van der Waals surface area contributed by atoms with Crippen molar-refractivity contribution in [2.75, 3.05) is 20.6 Å². The number of hydrogen-bond acceptors (Lipinski definition) is 4. The summed E-state index contributed by atoms with van der Waals surface area (Å²) >= 11 is 6.26. The maximum Gasteiger partial charge on any atom is 0.0831 e. The highest BCUT2D eigenvalue weighted by Crippen LogP contribution is 2.21. The van der Waals surface area contributed by atoms with Gasteiger partial charge < -0.3 is 15.6 Å². The van der Waals surface area contributed by atoms with Crippen molar-refractivity contribution in [3.63, 3.8) is 0 Å². The molecule has 2 N–H and O–H groups in total. The minimum Gasteiger partial charge on any atom is -0.380 e. The topological polar surface area (TPSA) is 30.3 Å². The fraction of sp³-hybridized carbons (Fsp3) is 0.750. The van der Waals surface area contributed by atoms with Crippen LogP contribution < -0.4 is 10.7 Å². The van der Waals surface area contributed by atoms with E-state index in [-0.39, 0.29) is 0 Å². The van der Waals surface area contributed by atoms with E-state index in [1.54, 1.807) is 0 Å². The molecule has 0 aliphatic carbocycles. The molecule has 0 aromatic rings. The zero-order valence-electron chi connectivity index (χ0n) is 13.5. The molecule has 0 saturated carbocycles. The minimum absolute atomic E-state index is 0.507. The van der Waals surface area contributed by atoms with Crippen molar-refractivity contribution in [2.24, 2.45) is 0 Å². The molecule has 3 atom stereocenters. The van der Waals surface area contributed by atoms with Crippen molar-refractivity contribution in [2.45, 2.75) is 57.5 Å². The summed E-state index contributed by atoms with van der Waals surface area (Å²) < 4.78 is 0. The fourth-order valence-electron chi connectivity index (χ4n) is 2.77. The Bertz CT molecular complexity index is 394. The molecule has 3 unspecified atom stereocenters. The van der Waals surface area contributed by atoms with Gasteiger partial charge in [-0.15, -0.1) is 0 Å². The fourth-order valence-corrected chi connectivity index (χ4v) is 3.02. The van der Waals surface area contributed by atoms with Crippen LogP contribution in [0.5, 0.6) is 0 Å². The summed E-state index contributed by atoms with van der Waals surface area (Å²) in [5.74, 6) is 0. The third-order valence-electron chi connectivity index (χ3n) is 4.41. The van der Waals surface area contributed by atoms with Gasteiger partial charge in [0.2, 0.25) is 0 Å². The van der Waals surface area contributed by atoms with Crippen LogP contribution in [0.4, 0.5) is 0 Å². The quantitative estimate of drug-likeness (QED) is 0.506. The number of hydrogen-bond donors (Lipinski definition) is 2. The highest BCUT2D eigenvalue weighted by Gasteiger charge is 2.28. The first-order chi connectivity index (χ1) is 10.1. The largest absolute Gasteiger partial charge is 0.380 e. The maximum absolute atomic E-state index is 6.26. The van der Waals surface area contributed by atoms with Crippen molar-refractivity contribution in [1.29, 1.82) is 0 Å². The molecule has 21 heavy (non-hydrogen) atoms. The van der Waals surface area contributed by atoms with Gasteiger partial charge in [-0.25, -0.2) is 0 Å². The van der Waals surface area contributed by atoms with Gasteiger partial charge in [0.05, 0.1) is 10.7 Å². The maximum atomic E-state index is 6.26. The Morgan fingerprint density at radius 1 is 1.38 bits per heavy atom. The first-order valence-electron chi connectivity index (χ1n) is 8.13. The number of hydrazine groups is 1. The number of halogens is 1. The predicted molar refractivity (Wildman–Crippen MR) is 89.6 cm³/mol. The first-order valence-corrected chi connectivity index (χ1v) is 8.51. The highest BCUT2D eigenvalue weighted by molar-refractivity contribution is 6.31.